The maximum absolute atomic E-state index is 13.7. The SMILES string of the molecule is C=CCOc1cccc(C2/C(=C(/O)c3ccc4c(c3)OCCO4)C(=O)C(=O)N2c2nnc(SCc3cccc4ccccc34)s2)c1. The summed E-state index contributed by atoms with van der Waals surface area (Å²) in [5.41, 5.74) is 1.94. The molecule has 1 fully saturated rings. The van der Waals surface area contributed by atoms with Gasteiger partial charge in [-0.05, 0) is 52.2 Å². The third-order valence-electron chi connectivity index (χ3n) is 7.63. The number of thioether (sulfide) groups is 1. The van der Waals surface area contributed by atoms with E-state index in [9.17, 15) is 14.7 Å². The number of aliphatic hydroxyl groups is 1. The molecule has 0 aliphatic carbocycles. The maximum Gasteiger partial charge on any atom is 0.301 e. The molecule has 1 aromatic heterocycles. The second-order valence-corrected chi connectivity index (χ2v) is 12.7. The van der Waals surface area contributed by atoms with Crippen LogP contribution in [0.4, 0.5) is 5.13 Å². The number of amides is 1. The predicted molar refractivity (Wildman–Crippen MR) is 178 cm³/mol. The molecule has 4 aromatic carbocycles. The molecule has 0 bridgehead atoms. The van der Waals surface area contributed by atoms with E-state index in [0.29, 0.717) is 51.7 Å². The normalized spacial score (nSPS) is 17.0. The third kappa shape index (κ3) is 5.59. The first kappa shape index (κ1) is 29.6. The summed E-state index contributed by atoms with van der Waals surface area (Å²) in [5, 5.41) is 22.9. The Bertz CT molecular complexity index is 2020. The van der Waals surface area contributed by atoms with Crippen molar-refractivity contribution in [3.63, 3.8) is 0 Å². The highest BCUT2D eigenvalue weighted by Gasteiger charge is 2.48. The number of hydrogen-bond donors (Lipinski definition) is 1. The van der Waals surface area contributed by atoms with Gasteiger partial charge in [-0.1, -0.05) is 90.4 Å². The number of aliphatic hydroxyl groups excluding tert-OH is 1. The average Bonchev–Trinajstić information content (AvgIpc) is 3.67. The van der Waals surface area contributed by atoms with Crippen LogP contribution in [0.5, 0.6) is 17.2 Å². The van der Waals surface area contributed by atoms with Gasteiger partial charge in [-0.3, -0.25) is 14.5 Å². The second kappa shape index (κ2) is 12.7. The lowest BCUT2D eigenvalue weighted by molar-refractivity contribution is -0.132. The number of benzene rings is 4. The van der Waals surface area contributed by atoms with Gasteiger partial charge in [0, 0.05) is 11.3 Å². The number of carbonyl (C=O) groups excluding carboxylic acids is 2. The van der Waals surface area contributed by atoms with Crippen molar-refractivity contribution in [3.05, 3.63) is 120 Å². The predicted octanol–water partition coefficient (Wildman–Crippen LogP) is 6.95. The summed E-state index contributed by atoms with van der Waals surface area (Å²) in [7, 11) is 0. The molecule has 1 saturated heterocycles. The standard InChI is InChI=1S/C35H27N3O6S2/c1-2-15-42-25-11-6-9-22(18-25)30-29(31(39)23-13-14-27-28(19-23)44-17-16-43-27)32(40)33(41)38(30)34-36-37-35(46-34)45-20-24-10-5-8-21-7-3-4-12-26(21)24/h2-14,18-19,30,39H,1,15-17,20H2/b31-29-. The van der Waals surface area contributed by atoms with Crippen molar-refractivity contribution in [1.82, 2.24) is 10.2 Å². The number of rotatable bonds is 9. The maximum atomic E-state index is 13.7. The first-order valence-electron chi connectivity index (χ1n) is 14.5. The van der Waals surface area contributed by atoms with Gasteiger partial charge in [0.25, 0.3) is 5.78 Å². The van der Waals surface area contributed by atoms with Crippen LogP contribution in [0.25, 0.3) is 16.5 Å². The highest BCUT2D eigenvalue weighted by Crippen LogP contribution is 2.45. The van der Waals surface area contributed by atoms with Gasteiger partial charge in [0.15, 0.2) is 15.8 Å². The van der Waals surface area contributed by atoms with Crippen molar-refractivity contribution in [3.8, 4) is 17.2 Å². The van der Waals surface area contributed by atoms with Crippen LogP contribution in [0.1, 0.15) is 22.7 Å². The van der Waals surface area contributed by atoms with E-state index in [4.69, 9.17) is 14.2 Å². The minimum atomic E-state index is -0.996. The fraction of sp³-hybridized carbons (Fsp3) is 0.143. The van der Waals surface area contributed by atoms with Crippen LogP contribution in [0.2, 0.25) is 0 Å². The lowest BCUT2D eigenvalue weighted by Gasteiger charge is -2.23. The first-order chi connectivity index (χ1) is 22.5. The van der Waals surface area contributed by atoms with Crippen LogP contribution in [0.15, 0.2) is 107 Å². The van der Waals surface area contributed by atoms with E-state index in [-0.39, 0.29) is 23.1 Å². The molecule has 1 unspecified atom stereocenters. The number of ketones is 1. The van der Waals surface area contributed by atoms with Crippen LogP contribution >= 0.6 is 23.1 Å². The molecule has 11 heteroatoms. The number of fused-ring (bicyclic) bond motifs is 2. The molecule has 1 amide bonds. The quantitative estimate of drug-likeness (QED) is 0.0453. The van der Waals surface area contributed by atoms with Gasteiger partial charge in [0.2, 0.25) is 5.13 Å². The Morgan fingerprint density at radius 2 is 1.80 bits per heavy atom. The lowest BCUT2D eigenvalue weighted by Crippen LogP contribution is -2.29. The van der Waals surface area contributed by atoms with E-state index in [2.05, 4.69) is 41.0 Å². The molecule has 7 rings (SSSR count). The Morgan fingerprint density at radius 1 is 1.00 bits per heavy atom. The molecule has 9 nitrogen and oxygen atoms in total. The highest BCUT2D eigenvalue weighted by molar-refractivity contribution is 8.00. The van der Waals surface area contributed by atoms with Gasteiger partial charge in [-0.15, -0.1) is 10.2 Å². The first-order valence-corrected chi connectivity index (χ1v) is 16.3. The number of anilines is 1. The lowest BCUT2D eigenvalue weighted by atomic mass is 9.95. The molecule has 0 spiro atoms. The number of hydrogen-bond acceptors (Lipinski definition) is 10. The van der Waals surface area contributed by atoms with Crippen molar-refractivity contribution >= 4 is 56.5 Å². The largest absolute Gasteiger partial charge is 0.507 e. The topological polar surface area (TPSA) is 111 Å². The molecule has 1 atom stereocenters. The van der Waals surface area contributed by atoms with E-state index in [0.717, 1.165) is 16.3 Å². The zero-order chi connectivity index (χ0) is 31.6. The molecular weight excluding hydrogens is 623 g/mol. The second-order valence-electron chi connectivity index (χ2n) is 10.5. The minimum absolute atomic E-state index is 0.0808. The summed E-state index contributed by atoms with van der Waals surface area (Å²) in [4.78, 5) is 28.8. The average molecular weight is 650 g/mol. The Balaban J connectivity index is 1.26. The van der Waals surface area contributed by atoms with Crippen LogP contribution < -0.4 is 19.1 Å². The van der Waals surface area contributed by atoms with Crippen molar-refractivity contribution in [2.45, 2.75) is 16.1 Å². The summed E-state index contributed by atoms with van der Waals surface area (Å²) in [6.45, 7) is 4.75. The van der Waals surface area contributed by atoms with Crippen LogP contribution in [0.3, 0.4) is 0 Å². The van der Waals surface area contributed by atoms with Crippen molar-refractivity contribution in [2.24, 2.45) is 0 Å². The Hall–Kier alpha value is -5.13. The third-order valence-corrected chi connectivity index (χ3v) is 9.74. The Morgan fingerprint density at radius 3 is 2.67 bits per heavy atom. The van der Waals surface area contributed by atoms with Gasteiger partial charge in [0.1, 0.15) is 31.3 Å². The Labute approximate surface area is 272 Å². The van der Waals surface area contributed by atoms with Gasteiger partial charge >= 0.3 is 5.91 Å². The summed E-state index contributed by atoms with van der Waals surface area (Å²) >= 11 is 2.71. The summed E-state index contributed by atoms with van der Waals surface area (Å²) in [6, 6.07) is 25.3. The summed E-state index contributed by atoms with van der Waals surface area (Å²) in [6.07, 6.45) is 1.62. The molecule has 0 saturated carbocycles. The van der Waals surface area contributed by atoms with E-state index in [1.54, 1.807) is 48.5 Å². The molecule has 5 aromatic rings. The van der Waals surface area contributed by atoms with E-state index < -0.39 is 17.7 Å². The molecule has 46 heavy (non-hydrogen) atoms. The van der Waals surface area contributed by atoms with Gasteiger partial charge in [-0.2, -0.15) is 0 Å². The fourth-order valence-corrected chi connectivity index (χ4v) is 7.41. The monoisotopic (exact) mass is 649 g/mol. The summed E-state index contributed by atoms with van der Waals surface area (Å²) < 4.78 is 17.7. The highest BCUT2D eigenvalue weighted by atomic mass is 32.2. The zero-order valence-electron chi connectivity index (χ0n) is 24.4. The summed E-state index contributed by atoms with van der Waals surface area (Å²) in [5.74, 6) is 0.150. The van der Waals surface area contributed by atoms with Gasteiger partial charge in [-0.25, -0.2) is 0 Å². The number of aromatic nitrogens is 2. The van der Waals surface area contributed by atoms with E-state index in [1.165, 1.54) is 28.0 Å². The van der Waals surface area contributed by atoms with Crippen molar-refractivity contribution < 1.29 is 28.9 Å². The fourth-order valence-electron chi connectivity index (χ4n) is 5.54. The molecule has 0 radical (unpaired) electrons. The van der Waals surface area contributed by atoms with Gasteiger partial charge < -0.3 is 19.3 Å². The van der Waals surface area contributed by atoms with Crippen LogP contribution in [-0.4, -0.2) is 46.8 Å². The van der Waals surface area contributed by atoms with Crippen LogP contribution in [0, 0.1) is 0 Å². The zero-order valence-corrected chi connectivity index (χ0v) is 26.1. The molecular formula is C35H27N3O6S2. The molecule has 1 N–H and O–H groups in total. The van der Waals surface area contributed by atoms with E-state index >= 15 is 0 Å². The molecule has 2 aliphatic rings. The number of ether oxygens (including phenoxy) is 3. The molecule has 3 heterocycles. The number of carbonyl (C=O) groups is 2. The molecule has 2 aliphatic heterocycles. The number of nitrogens with zero attached hydrogens (tertiary/aromatic N) is 3. The van der Waals surface area contributed by atoms with Crippen LogP contribution in [-0.2, 0) is 15.3 Å². The molecule has 230 valence electrons. The number of Topliss-reactive ketones (excluding diaryl/α,β-unsaturated/α-hetero) is 1. The minimum Gasteiger partial charge on any atom is -0.507 e. The van der Waals surface area contributed by atoms with Gasteiger partial charge in [0.05, 0.1) is 11.6 Å². The van der Waals surface area contributed by atoms with Crippen molar-refractivity contribution in [1.29, 1.82) is 0 Å². The van der Waals surface area contributed by atoms with E-state index in [1.807, 2.05) is 18.2 Å². The Kier molecular flexibility index (Phi) is 8.17. The smallest absolute Gasteiger partial charge is 0.301 e. The van der Waals surface area contributed by atoms with Crippen molar-refractivity contribution in [2.75, 3.05) is 24.7 Å².